The molecular weight excluding hydrogens is 415 g/mol. The summed E-state index contributed by atoms with van der Waals surface area (Å²) in [6.45, 7) is 1.27. The van der Waals surface area contributed by atoms with Crippen LogP contribution in [0.5, 0.6) is 11.5 Å². The van der Waals surface area contributed by atoms with Gasteiger partial charge in [-0.1, -0.05) is 0 Å². The van der Waals surface area contributed by atoms with Crippen LogP contribution in [0.4, 0.5) is 30.2 Å². The third kappa shape index (κ3) is 5.56. The van der Waals surface area contributed by atoms with E-state index in [0.29, 0.717) is 12.1 Å². The Kier molecular flexibility index (Phi) is 6.77. The summed E-state index contributed by atoms with van der Waals surface area (Å²) in [7, 11) is 0. The van der Waals surface area contributed by atoms with E-state index in [9.17, 15) is 38.2 Å². The molecule has 0 atom stereocenters. The van der Waals surface area contributed by atoms with E-state index in [1.165, 1.54) is 0 Å². The van der Waals surface area contributed by atoms with Gasteiger partial charge in [-0.15, -0.1) is 0 Å². The average molecular weight is 429 g/mol. The summed E-state index contributed by atoms with van der Waals surface area (Å²) in [5.74, 6) is -1.33. The molecule has 0 fully saturated rings. The fourth-order valence-electron chi connectivity index (χ4n) is 2.31. The molecule has 0 spiro atoms. The van der Waals surface area contributed by atoms with Crippen LogP contribution in [0.25, 0.3) is 0 Å². The number of rotatable bonds is 8. The third-order valence-corrected chi connectivity index (χ3v) is 3.60. The van der Waals surface area contributed by atoms with Gasteiger partial charge in [-0.3, -0.25) is 25.0 Å². The number of halogens is 3. The molecule has 2 aromatic carbocycles. The van der Waals surface area contributed by atoms with Gasteiger partial charge >= 0.3 is 17.8 Å². The molecule has 0 radical (unpaired) electrons. The smallest absolute Gasteiger partial charge is 0.416 e. The molecule has 0 saturated heterocycles. The Bertz CT molecular complexity index is 980. The molecule has 0 amide bonds. The van der Waals surface area contributed by atoms with Gasteiger partial charge in [0.25, 0.3) is 5.69 Å². The second-order valence-electron chi connectivity index (χ2n) is 5.63. The average Bonchev–Trinajstić information content (AvgIpc) is 2.65. The fourth-order valence-corrected chi connectivity index (χ4v) is 2.31. The van der Waals surface area contributed by atoms with Crippen molar-refractivity contribution in [2.75, 3.05) is 18.5 Å². The molecule has 30 heavy (non-hydrogen) atoms. The minimum atomic E-state index is -4.79. The first kappa shape index (κ1) is 22.4. The van der Waals surface area contributed by atoms with Gasteiger partial charge < -0.3 is 14.8 Å². The number of anilines is 1. The summed E-state index contributed by atoms with van der Waals surface area (Å²) in [4.78, 5) is 32.0. The zero-order valence-corrected chi connectivity index (χ0v) is 15.3. The SMILES string of the molecule is CCOC(=O)CNc1cc(Oc2ccc(C(F)(F)F)cc2[N+](=O)[O-])ccc1[N+](=O)[O-]. The highest BCUT2D eigenvalue weighted by Gasteiger charge is 2.33. The van der Waals surface area contributed by atoms with E-state index in [0.717, 1.165) is 24.3 Å². The van der Waals surface area contributed by atoms with Crippen LogP contribution in [0.2, 0.25) is 0 Å². The first-order valence-corrected chi connectivity index (χ1v) is 8.24. The van der Waals surface area contributed by atoms with Crippen molar-refractivity contribution in [2.24, 2.45) is 0 Å². The third-order valence-electron chi connectivity index (χ3n) is 3.60. The quantitative estimate of drug-likeness (QED) is 0.373. The molecule has 0 unspecified atom stereocenters. The standard InChI is InChI=1S/C17H14F3N3O7/c1-2-29-16(24)9-21-12-8-11(4-5-13(12)22(25)26)30-15-6-3-10(17(18,19)20)7-14(15)23(27)28/h3-8,21H,2,9H2,1H3. The lowest BCUT2D eigenvalue weighted by Gasteiger charge is -2.12. The molecule has 0 saturated carbocycles. The van der Waals surface area contributed by atoms with Crippen molar-refractivity contribution < 1.29 is 37.3 Å². The number of nitrogens with one attached hydrogen (secondary N) is 1. The molecule has 0 aliphatic rings. The van der Waals surface area contributed by atoms with Crippen LogP contribution in [0.1, 0.15) is 12.5 Å². The van der Waals surface area contributed by atoms with Crippen molar-refractivity contribution >= 4 is 23.0 Å². The summed E-state index contributed by atoms with van der Waals surface area (Å²) in [6.07, 6.45) is -4.79. The number of carbonyl (C=O) groups excluding carboxylic acids is 1. The zero-order valence-electron chi connectivity index (χ0n) is 15.3. The molecule has 160 valence electrons. The first-order chi connectivity index (χ1) is 14.0. The van der Waals surface area contributed by atoms with Crippen molar-refractivity contribution in [3.63, 3.8) is 0 Å². The summed E-state index contributed by atoms with van der Waals surface area (Å²) in [5, 5.41) is 24.8. The van der Waals surface area contributed by atoms with E-state index in [4.69, 9.17) is 9.47 Å². The van der Waals surface area contributed by atoms with Gasteiger partial charge in [0.2, 0.25) is 5.75 Å². The van der Waals surface area contributed by atoms with E-state index in [-0.39, 0.29) is 18.0 Å². The summed E-state index contributed by atoms with van der Waals surface area (Å²) in [6, 6.07) is 4.90. The van der Waals surface area contributed by atoms with Gasteiger partial charge in [0.1, 0.15) is 18.0 Å². The lowest BCUT2D eigenvalue weighted by Crippen LogP contribution is -2.17. The highest BCUT2D eigenvalue weighted by atomic mass is 19.4. The molecule has 2 aromatic rings. The van der Waals surface area contributed by atoms with Crippen LogP contribution in [0, 0.1) is 20.2 Å². The van der Waals surface area contributed by atoms with Crippen molar-refractivity contribution in [3.05, 3.63) is 62.2 Å². The fraction of sp³-hybridized carbons (Fsp3) is 0.235. The summed E-state index contributed by atoms with van der Waals surface area (Å²) in [5.41, 5.74) is -2.75. The Morgan fingerprint density at radius 3 is 2.30 bits per heavy atom. The molecule has 0 heterocycles. The number of alkyl halides is 3. The van der Waals surface area contributed by atoms with Crippen LogP contribution in [-0.2, 0) is 15.7 Å². The molecule has 0 bridgehead atoms. The maximum Gasteiger partial charge on any atom is 0.416 e. The van der Waals surface area contributed by atoms with Crippen molar-refractivity contribution in [2.45, 2.75) is 13.1 Å². The number of nitro benzene ring substituents is 2. The van der Waals surface area contributed by atoms with Crippen molar-refractivity contribution in [1.29, 1.82) is 0 Å². The second-order valence-corrected chi connectivity index (χ2v) is 5.63. The number of ether oxygens (including phenoxy) is 2. The van der Waals surface area contributed by atoms with Gasteiger partial charge in [0, 0.05) is 18.2 Å². The molecule has 1 N–H and O–H groups in total. The lowest BCUT2D eigenvalue weighted by molar-refractivity contribution is -0.385. The van der Waals surface area contributed by atoms with Gasteiger partial charge in [-0.2, -0.15) is 13.2 Å². The molecular formula is C17H14F3N3O7. The summed E-state index contributed by atoms with van der Waals surface area (Å²) < 4.78 is 48.4. The molecule has 0 aromatic heterocycles. The van der Waals surface area contributed by atoms with Crippen LogP contribution >= 0.6 is 0 Å². The maximum atomic E-state index is 12.8. The molecule has 2 rings (SSSR count). The molecule has 10 nitrogen and oxygen atoms in total. The van der Waals surface area contributed by atoms with Gasteiger partial charge in [-0.25, -0.2) is 0 Å². The Morgan fingerprint density at radius 1 is 1.07 bits per heavy atom. The number of carbonyl (C=O) groups is 1. The van der Waals surface area contributed by atoms with Crippen molar-refractivity contribution in [3.8, 4) is 11.5 Å². The highest BCUT2D eigenvalue weighted by Crippen LogP contribution is 2.39. The topological polar surface area (TPSA) is 134 Å². The van der Waals surface area contributed by atoms with E-state index < -0.39 is 51.2 Å². The van der Waals surface area contributed by atoms with Crippen LogP contribution in [0.15, 0.2) is 36.4 Å². The predicted molar refractivity (Wildman–Crippen MR) is 96.4 cm³/mol. The Labute approximate surface area is 166 Å². The van der Waals surface area contributed by atoms with Crippen LogP contribution in [0.3, 0.4) is 0 Å². The van der Waals surface area contributed by atoms with E-state index in [2.05, 4.69) is 5.32 Å². The number of benzene rings is 2. The Morgan fingerprint density at radius 2 is 1.73 bits per heavy atom. The monoisotopic (exact) mass is 429 g/mol. The van der Waals surface area contributed by atoms with Crippen LogP contribution in [-0.4, -0.2) is 29.0 Å². The second kappa shape index (κ2) is 9.07. The predicted octanol–water partition coefficient (Wildman–Crippen LogP) is 4.29. The number of nitro groups is 2. The molecule has 13 heteroatoms. The maximum absolute atomic E-state index is 12.8. The van der Waals surface area contributed by atoms with Gasteiger partial charge in [0.15, 0.2) is 0 Å². The normalized spacial score (nSPS) is 10.9. The first-order valence-electron chi connectivity index (χ1n) is 8.24. The minimum absolute atomic E-state index is 0.101. The number of nitrogens with zero attached hydrogens (tertiary/aromatic N) is 2. The minimum Gasteiger partial charge on any atom is -0.465 e. The van der Waals surface area contributed by atoms with Crippen LogP contribution < -0.4 is 10.1 Å². The Hall–Kier alpha value is -3.90. The van der Waals surface area contributed by atoms with E-state index in [1.807, 2.05) is 0 Å². The highest BCUT2D eigenvalue weighted by molar-refractivity contribution is 5.77. The molecule has 0 aliphatic carbocycles. The lowest BCUT2D eigenvalue weighted by atomic mass is 10.2. The van der Waals surface area contributed by atoms with Gasteiger partial charge in [-0.05, 0) is 25.1 Å². The summed E-state index contributed by atoms with van der Waals surface area (Å²) >= 11 is 0. The van der Waals surface area contributed by atoms with Crippen molar-refractivity contribution in [1.82, 2.24) is 0 Å². The number of hydrogen-bond acceptors (Lipinski definition) is 8. The van der Waals surface area contributed by atoms with E-state index in [1.54, 1.807) is 6.92 Å². The Balaban J connectivity index is 2.36. The number of esters is 1. The molecule has 0 aliphatic heterocycles. The largest absolute Gasteiger partial charge is 0.465 e. The van der Waals surface area contributed by atoms with E-state index >= 15 is 0 Å². The van der Waals surface area contributed by atoms with Gasteiger partial charge in [0.05, 0.1) is 22.0 Å². The number of hydrogen-bond donors (Lipinski definition) is 1. The zero-order chi connectivity index (χ0) is 22.5.